The maximum atomic E-state index is 13.7. The van der Waals surface area contributed by atoms with Gasteiger partial charge in [0.25, 0.3) is 0 Å². The highest BCUT2D eigenvalue weighted by Crippen LogP contribution is 2.36. The molecule has 0 aliphatic heterocycles. The lowest BCUT2D eigenvalue weighted by molar-refractivity contribution is -0.140. The van der Waals surface area contributed by atoms with Crippen molar-refractivity contribution in [3.63, 3.8) is 0 Å². The molecule has 0 radical (unpaired) electrons. The molecule has 0 saturated carbocycles. The highest BCUT2D eigenvalue weighted by atomic mass is 35.5. The summed E-state index contributed by atoms with van der Waals surface area (Å²) in [5.74, 6) is -1.18. The zero-order chi connectivity index (χ0) is 28.8. The molecule has 0 unspecified atom stereocenters. The van der Waals surface area contributed by atoms with Crippen molar-refractivity contribution < 1.29 is 31.2 Å². The number of anilines is 1. The van der Waals surface area contributed by atoms with Gasteiger partial charge in [0.05, 0.1) is 22.5 Å². The Morgan fingerprint density at radius 2 is 1.66 bits per heavy atom. The van der Waals surface area contributed by atoms with Gasteiger partial charge in [0.1, 0.15) is 12.6 Å². The number of nitrogens with zero attached hydrogens (tertiary/aromatic N) is 2. The van der Waals surface area contributed by atoms with Crippen molar-refractivity contribution >= 4 is 39.1 Å². The maximum absolute atomic E-state index is 13.7. The Morgan fingerprint density at radius 3 is 2.16 bits per heavy atom. The largest absolute Gasteiger partial charge is 0.416 e. The molecule has 2 rings (SSSR count). The number of carbonyl (C=O) groups excluding carboxylic acids is 2. The van der Waals surface area contributed by atoms with Crippen molar-refractivity contribution in [2.24, 2.45) is 0 Å². The first-order chi connectivity index (χ1) is 17.6. The van der Waals surface area contributed by atoms with Crippen LogP contribution in [0.2, 0.25) is 5.02 Å². The van der Waals surface area contributed by atoms with Gasteiger partial charge in [0, 0.05) is 12.6 Å². The highest BCUT2D eigenvalue weighted by Gasteiger charge is 2.35. The normalized spacial score (nSPS) is 13.5. The minimum Gasteiger partial charge on any atom is -0.352 e. The van der Waals surface area contributed by atoms with Gasteiger partial charge in [-0.2, -0.15) is 13.2 Å². The standard InChI is InChI=1S/C26H33ClF3N3O4S/c1-6-18(4)31-25(35)22(7-2)32(15-19-10-8-17(3)9-11-19)24(34)16-33(38(5,36)37)23-14-20(26(28,29)30)12-13-21(23)27/h8-14,18,22H,6-7,15-16H2,1-5H3,(H,31,35)/t18-,22-/m0/s1. The molecule has 0 saturated heterocycles. The molecule has 12 heteroatoms. The lowest BCUT2D eigenvalue weighted by Crippen LogP contribution is -2.53. The Labute approximate surface area is 227 Å². The molecule has 38 heavy (non-hydrogen) atoms. The van der Waals surface area contributed by atoms with Crippen LogP contribution in [-0.4, -0.2) is 50.0 Å². The third-order valence-corrected chi connectivity index (χ3v) is 7.53. The van der Waals surface area contributed by atoms with Gasteiger partial charge in [-0.1, -0.05) is 55.3 Å². The number of alkyl halides is 3. The number of amides is 2. The first-order valence-electron chi connectivity index (χ1n) is 12.1. The van der Waals surface area contributed by atoms with Crippen LogP contribution in [0.1, 0.15) is 50.3 Å². The topological polar surface area (TPSA) is 86.8 Å². The third-order valence-electron chi connectivity index (χ3n) is 6.08. The van der Waals surface area contributed by atoms with Gasteiger partial charge in [0.2, 0.25) is 21.8 Å². The average Bonchev–Trinajstić information content (AvgIpc) is 2.82. The molecule has 0 spiro atoms. The van der Waals surface area contributed by atoms with Crippen LogP contribution in [0.3, 0.4) is 0 Å². The molecular weight excluding hydrogens is 543 g/mol. The molecule has 0 fully saturated rings. The van der Waals surface area contributed by atoms with E-state index < -0.39 is 51.9 Å². The van der Waals surface area contributed by atoms with E-state index in [9.17, 15) is 31.2 Å². The second kappa shape index (κ2) is 12.8. The van der Waals surface area contributed by atoms with Crippen LogP contribution in [0.4, 0.5) is 18.9 Å². The van der Waals surface area contributed by atoms with Crippen molar-refractivity contribution in [2.75, 3.05) is 17.1 Å². The number of halogens is 4. The molecule has 0 heterocycles. The molecule has 0 bridgehead atoms. The lowest BCUT2D eigenvalue weighted by Gasteiger charge is -2.33. The summed E-state index contributed by atoms with van der Waals surface area (Å²) in [6, 6.07) is 8.38. The van der Waals surface area contributed by atoms with Crippen LogP contribution < -0.4 is 9.62 Å². The van der Waals surface area contributed by atoms with Crippen LogP contribution in [0, 0.1) is 6.92 Å². The number of hydrogen-bond acceptors (Lipinski definition) is 4. The second-order valence-electron chi connectivity index (χ2n) is 9.18. The van der Waals surface area contributed by atoms with Gasteiger partial charge in [-0.05, 0) is 50.5 Å². The van der Waals surface area contributed by atoms with E-state index in [1.165, 1.54) is 4.90 Å². The van der Waals surface area contributed by atoms with Crippen LogP contribution in [-0.2, 0) is 32.3 Å². The number of aryl methyl sites for hydroxylation is 1. The van der Waals surface area contributed by atoms with E-state index in [2.05, 4.69) is 5.32 Å². The third kappa shape index (κ3) is 8.36. The van der Waals surface area contributed by atoms with Gasteiger partial charge in [0.15, 0.2) is 0 Å². The zero-order valence-electron chi connectivity index (χ0n) is 22.0. The van der Waals surface area contributed by atoms with Crippen LogP contribution in [0.25, 0.3) is 0 Å². The summed E-state index contributed by atoms with van der Waals surface area (Å²) in [4.78, 5) is 28.0. The monoisotopic (exact) mass is 575 g/mol. The molecule has 7 nitrogen and oxygen atoms in total. The van der Waals surface area contributed by atoms with Gasteiger partial charge in [-0.15, -0.1) is 0 Å². The van der Waals surface area contributed by atoms with E-state index in [0.29, 0.717) is 22.4 Å². The van der Waals surface area contributed by atoms with E-state index in [0.717, 1.165) is 24.0 Å². The minimum absolute atomic E-state index is 0.0144. The molecule has 2 atom stereocenters. The van der Waals surface area contributed by atoms with Crippen molar-refractivity contribution in [2.45, 2.75) is 65.3 Å². The number of benzene rings is 2. The molecule has 210 valence electrons. The summed E-state index contributed by atoms with van der Waals surface area (Å²) in [5, 5.41) is 2.57. The SMILES string of the molecule is CC[C@H](C)NC(=O)[C@H](CC)N(Cc1ccc(C)cc1)C(=O)CN(c1cc(C(F)(F)F)ccc1Cl)S(C)(=O)=O. The summed E-state index contributed by atoms with van der Waals surface area (Å²) in [5.41, 5.74) is 0.0796. The first-order valence-corrected chi connectivity index (χ1v) is 14.3. The summed E-state index contributed by atoms with van der Waals surface area (Å²) in [6.07, 6.45) is -3.10. The molecule has 2 aromatic rings. The molecule has 0 aliphatic carbocycles. The number of hydrogen-bond donors (Lipinski definition) is 1. The summed E-state index contributed by atoms with van der Waals surface area (Å²) in [7, 11) is -4.25. The van der Waals surface area contributed by atoms with Crippen LogP contribution >= 0.6 is 11.6 Å². The Hall–Kier alpha value is -2.79. The summed E-state index contributed by atoms with van der Waals surface area (Å²) in [6.45, 7) is 6.46. The predicted octanol–water partition coefficient (Wildman–Crippen LogP) is 5.16. The van der Waals surface area contributed by atoms with E-state index in [1.807, 2.05) is 32.9 Å². The summed E-state index contributed by atoms with van der Waals surface area (Å²) < 4.78 is 66.0. The fourth-order valence-corrected chi connectivity index (χ4v) is 4.85. The second-order valence-corrected chi connectivity index (χ2v) is 11.5. The van der Waals surface area contributed by atoms with Crippen molar-refractivity contribution in [1.82, 2.24) is 10.2 Å². The lowest BCUT2D eigenvalue weighted by atomic mass is 10.1. The van der Waals surface area contributed by atoms with E-state index in [-0.39, 0.29) is 24.0 Å². The van der Waals surface area contributed by atoms with E-state index >= 15 is 0 Å². The zero-order valence-corrected chi connectivity index (χ0v) is 23.5. The quantitative estimate of drug-likeness (QED) is 0.401. The molecular formula is C26H33ClF3N3O4S. The number of carbonyl (C=O) groups is 2. The van der Waals surface area contributed by atoms with E-state index in [4.69, 9.17) is 11.6 Å². The van der Waals surface area contributed by atoms with Crippen LogP contribution in [0.15, 0.2) is 42.5 Å². The van der Waals surface area contributed by atoms with Gasteiger partial charge < -0.3 is 10.2 Å². The van der Waals surface area contributed by atoms with E-state index in [1.54, 1.807) is 19.1 Å². The Bertz CT molecular complexity index is 1240. The molecule has 0 aliphatic rings. The first kappa shape index (κ1) is 31.4. The summed E-state index contributed by atoms with van der Waals surface area (Å²) >= 11 is 6.11. The number of sulfonamides is 1. The van der Waals surface area contributed by atoms with Crippen LogP contribution in [0.5, 0.6) is 0 Å². The minimum atomic E-state index is -4.76. The fourth-order valence-electron chi connectivity index (χ4n) is 3.73. The highest BCUT2D eigenvalue weighted by molar-refractivity contribution is 7.92. The maximum Gasteiger partial charge on any atom is 0.416 e. The fraction of sp³-hybridized carbons (Fsp3) is 0.462. The molecule has 1 N–H and O–H groups in total. The predicted molar refractivity (Wildman–Crippen MR) is 142 cm³/mol. The van der Waals surface area contributed by atoms with Crippen molar-refractivity contribution in [3.05, 3.63) is 64.2 Å². The Morgan fingerprint density at radius 1 is 1.05 bits per heavy atom. The number of nitrogens with one attached hydrogen (secondary N) is 1. The van der Waals surface area contributed by atoms with Gasteiger partial charge in [-0.25, -0.2) is 8.42 Å². The molecule has 2 aromatic carbocycles. The van der Waals surface area contributed by atoms with Gasteiger partial charge >= 0.3 is 6.18 Å². The van der Waals surface area contributed by atoms with Crippen molar-refractivity contribution in [1.29, 1.82) is 0 Å². The number of rotatable bonds is 11. The Kier molecular flexibility index (Phi) is 10.6. The molecule has 0 aromatic heterocycles. The van der Waals surface area contributed by atoms with Crippen molar-refractivity contribution in [3.8, 4) is 0 Å². The Balaban J connectivity index is 2.54. The smallest absolute Gasteiger partial charge is 0.352 e. The average molecular weight is 576 g/mol. The molecule has 2 amide bonds. The van der Waals surface area contributed by atoms with Gasteiger partial charge in [-0.3, -0.25) is 13.9 Å².